The SMILES string of the molecule is COc1ccc(Cl)cc1NC(=O)CNC(=O)c1ccc(Br)cc1. The molecule has 2 rings (SSSR count). The second-order valence-electron chi connectivity index (χ2n) is 4.58. The van der Waals surface area contributed by atoms with E-state index in [1.165, 1.54) is 7.11 Å². The summed E-state index contributed by atoms with van der Waals surface area (Å²) < 4.78 is 6.02. The van der Waals surface area contributed by atoms with Gasteiger partial charge in [0.15, 0.2) is 0 Å². The van der Waals surface area contributed by atoms with Gasteiger partial charge in [-0.05, 0) is 42.5 Å². The van der Waals surface area contributed by atoms with Crippen LogP contribution in [0.4, 0.5) is 5.69 Å². The predicted octanol–water partition coefficient (Wildman–Crippen LogP) is 3.48. The Morgan fingerprint density at radius 1 is 1.17 bits per heavy atom. The van der Waals surface area contributed by atoms with Crippen molar-refractivity contribution in [3.8, 4) is 5.75 Å². The first-order chi connectivity index (χ1) is 11.0. The first-order valence-electron chi connectivity index (χ1n) is 6.67. The maximum absolute atomic E-state index is 11.9. The number of anilines is 1. The second-order valence-corrected chi connectivity index (χ2v) is 5.93. The maximum Gasteiger partial charge on any atom is 0.251 e. The molecule has 0 saturated heterocycles. The van der Waals surface area contributed by atoms with Crippen LogP contribution in [0.3, 0.4) is 0 Å². The number of carbonyl (C=O) groups excluding carboxylic acids is 2. The smallest absolute Gasteiger partial charge is 0.251 e. The van der Waals surface area contributed by atoms with Crippen LogP contribution >= 0.6 is 27.5 Å². The molecule has 0 unspecified atom stereocenters. The summed E-state index contributed by atoms with van der Waals surface area (Å²) >= 11 is 9.19. The third kappa shape index (κ3) is 4.97. The lowest BCUT2D eigenvalue weighted by Gasteiger charge is -2.11. The van der Waals surface area contributed by atoms with Crippen LogP contribution in [0.5, 0.6) is 5.75 Å². The van der Waals surface area contributed by atoms with Crippen LogP contribution in [0.15, 0.2) is 46.9 Å². The van der Waals surface area contributed by atoms with E-state index in [0.29, 0.717) is 22.0 Å². The zero-order valence-electron chi connectivity index (χ0n) is 12.2. The molecular formula is C16H14BrClN2O3. The van der Waals surface area contributed by atoms with E-state index in [-0.39, 0.29) is 18.4 Å². The minimum absolute atomic E-state index is 0.162. The van der Waals surface area contributed by atoms with Crippen LogP contribution in [-0.2, 0) is 4.79 Å². The van der Waals surface area contributed by atoms with Gasteiger partial charge in [0.05, 0.1) is 19.3 Å². The summed E-state index contributed by atoms with van der Waals surface area (Å²) in [5.74, 6) is -0.219. The van der Waals surface area contributed by atoms with E-state index in [0.717, 1.165) is 4.47 Å². The molecule has 0 spiro atoms. The lowest BCUT2D eigenvalue weighted by Crippen LogP contribution is -2.32. The molecule has 0 aliphatic heterocycles. The standard InChI is InChI=1S/C16H14BrClN2O3/c1-23-14-7-6-12(18)8-13(14)20-15(21)9-19-16(22)10-2-4-11(17)5-3-10/h2-8H,9H2,1H3,(H,19,22)(H,20,21). The van der Waals surface area contributed by atoms with Crippen LogP contribution in [0.1, 0.15) is 10.4 Å². The molecule has 120 valence electrons. The lowest BCUT2D eigenvalue weighted by atomic mass is 10.2. The largest absolute Gasteiger partial charge is 0.495 e. The van der Waals surface area contributed by atoms with Crippen LogP contribution in [-0.4, -0.2) is 25.5 Å². The number of benzene rings is 2. The van der Waals surface area contributed by atoms with Crippen molar-refractivity contribution in [1.29, 1.82) is 0 Å². The van der Waals surface area contributed by atoms with Crippen molar-refractivity contribution in [3.63, 3.8) is 0 Å². The first-order valence-corrected chi connectivity index (χ1v) is 7.84. The molecule has 0 saturated carbocycles. The van der Waals surface area contributed by atoms with Crippen molar-refractivity contribution in [2.45, 2.75) is 0 Å². The highest BCUT2D eigenvalue weighted by Crippen LogP contribution is 2.27. The van der Waals surface area contributed by atoms with Gasteiger partial charge in [0.25, 0.3) is 5.91 Å². The number of amides is 2. The lowest BCUT2D eigenvalue weighted by molar-refractivity contribution is -0.115. The number of methoxy groups -OCH3 is 1. The van der Waals surface area contributed by atoms with Crippen molar-refractivity contribution in [1.82, 2.24) is 5.32 Å². The van der Waals surface area contributed by atoms with Gasteiger partial charge in [-0.1, -0.05) is 27.5 Å². The predicted molar refractivity (Wildman–Crippen MR) is 93.1 cm³/mol. The molecule has 0 aliphatic rings. The molecule has 2 aromatic carbocycles. The normalized spacial score (nSPS) is 10.0. The first kappa shape index (κ1) is 17.3. The molecule has 2 amide bonds. The van der Waals surface area contributed by atoms with E-state index in [1.54, 1.807) is 42.5 Å². The van der Waals surface area contributed by atoms with Gasteiger partial charge >= 0.3 is 0 Å². The fraction of sp³-hybridized carbons (Fsp3) is 0.125. The van der Waals surface area contributed by atoms with E-state index in [1.807, 2.05) is 0 Å². The summed E-state index contributed by atoms with van der Waals surface area (Å²) in [6.07, 6.45) is 0. The molecule has 2 N–H and O–H groups in total. The number of hydrogen-bond donors (Lipinski definition) is 2. The average Bonchev–Trinajstić information content (AvgIpc) is 2.53. The number of halogens is 2. The quantitative estimate of drug-likeness (QED) is 0.812. The molecule has 0 heterocycles. The number of ether oxygens (including phenoxy) is 1. The topological polar surface area (TPSA) is 67.4 Å². The Labute approximate surface area is 147 Å². The van der Waals surface area contributed by atoms with Gasteiger partial charge in [-0.3, -0.25) is 9.59 Å². The molecular weight excluding hydrogens is 384 g/mol. The molecule has 2 aromatic rings. The van der Waals surface area contributed by atoms with E-state index >= 15 is 0 Å². The Balaban J connectivity index is 1.94. The van der Waals surface area contributed by atoms with E-state index < -0.39 is 0 Å². The van der Waals surface area contributed by atoms with E-state index in [4.69, 9.17) is 16.3 Å². The van der Waals surface area contributed by atoms with E-state index in [2.05, 4.69) is 26.6 Å². The summed E-state index contributed by atoms with van der Waals surface area (Å²) in [5, 5.41) is 5.67. The number of carbonyl (C=O) groups is 2. The molecule has 0 aromatic heterocycles. The fourth-order valence-electron chi connectivity index (χ4n) is 1.84. The number of hydrogen-bond acceptors (Lipinski definition) is 3. The molecule has 0 bridgehead atoms. The summed E-state index contributed by atoms with van der Waals surface area (Å²) in [6, 6.07) is 11.7. The Morgan fingerprint density at radius 3 is 2.52 bits per heavy atom. The molecule has 7 heteroatoms. The molecule has 0 fully saturated rings. The molecule has 5 nitrogen and oxygen atoms in total. The molecule has 0 atom stereocenters. The van der Waals surface area contributed by atoms with Gasteiger partial charge in [-0.25, -0.2) is 0 Å². The van der Waals surface area contributed by atoms with Crippen LogP contribution in [0, 0.1) is 0 Å². The Bertz CT molecular complexity index is 720. The van der Waals surface area contributed by atoms with Crippen molar-refractivity contribution in [2.75, 3.05) is 19.0 Å². The number of nitrogens with one attached hydrogen (secondary N) is 2. The van der Waals surface area contributed by atoms with Crippen LogP contribution in [0.25, 0.3) is 0 Å². The minimum Gasteiger partial charge on any atom is -0.495 e. The van der Waals surface area contributed by atoms with Crippen molar-refractivity contribution in [2.24, 2.45) is 0 Å². The number of rotatable bonds is 5. The summed E-state index contributed by atoms with van der Waals surface area (Å²) in [6.45, 7) is -0.162. The molecule has 0 radical (unpaired) electrons. The fourth-order valence-corrected chi connectivity index (χ4v) is 2.27. The Morgan fingerprint density at radius 2 is 1.87 bits per heavy atom. The van der Waals surface area contributed by atoms with Crippen molar-refractivity contribution >= 4 is 45.0 Å². The van der Waals surface area contributed by atoms with Crippen LogP contribution < -0.4 is 15.4 Å². The van der Waals surface area contributed by atoms with E-state index in [9.17, 15) is 9.59 Å². The monoisotopic (exact) mass is 396 g/mol. The van der Waals surface area contributed by atoms with Crippen molar-refractivity contribution in [3.05, 3.63) is 57.5 Å². The van der Waals surface area contributed by atoms with Crippen molar-refractivity contribution < 1.29 is 14.3 Å². The second kappa shape index (κ2) is 7.99. The zero-order chi connectivity index (χ0) is 16.8. The Hall–Kier alpha value is -2.05. The summed E-state index contributed by atoms with van der Waals surface area (Å²) in [7, 11) is 1.49. The van der Waals surface area contributed by atoms with Gasteiger partial charge in [-0.2, -0.15) is 0 Å². The molecule has 23 heavy (non-hydrogen) atoms. The highest BCUT2D eigenvalue weighted by Gasteiger charge is 2.11. The Kier molecular flexibility index (Phi) is 6.01. The zero-order valence-corrected chi connectivity index (χ0v) is 14.6. The highest BCUT2D eigenvalue weighted by molar-refractivity contribution is 9.10. The highest BCUT2D eigenvalue weighted by atomic mass is 79.9. The molecule has 0 aliphatic carbocycles. The average molecular weight is 398 g/mol. The summed E-state index contributed by atoms with van der Waals surface area (Å²) in [4.78, 5) is 23.9. The van der Waals surface area contributed by atoms with Gasteiger partial charge in [-0.15, -0.1) is 0 Å². The van der Waals surface area contributed by atoms with Gasteiger partial charge < -0.3 is 15.4 Å². The summed E-state index contributed by atoms with van der Waals surface area (Å²) in [5.41, 5.74) is 0.921. The minimum atomic E-state index is -0.379. The maximum atomic E-state index is 11.9. The third-order valence-corrected chi connectivity index (χ3v) is 3.72. The van der Waals surface area contributed by atoms with Crippen LogP contribution in [0.2, 0.25) is 5.02 Å². The van der Waals surface area contributed by atoms with Gasteiger partial charge in [0.1, 0.15) is 5.75 Å². The third-order valence-electron chi connectivity index (χ3n) is 2.95. The van der Waals surface area contributed by atoms with Gasteiger partial charge in [0.2, 0.25) is 5.91 Å². The van der Waals surface area contributed by atoms with Gasteiger partial charge in [0, 0.05) is 15.1 Å².